The summed E-state index contributed by atoms with van der Waals surface area (Å²) in [7, 11) is -6.31. The molecule has 0 saturated heterocycles. The molecule has 0 bridgehead atoms. The molecule has 0 saturated carbocycles. The van der Waals surface area contributed by atoms with Gasteiger partial charge < -0.3 is 37.2 Å². The van der Waals surface area contributed by atoms with E-state index in [0.29, 0.717) is 52.5 Å². The number of nitrogens with one attached hydrogen (secondary N) is 2. The van der Waals surface area contributed by atoms with E-state index in [1.807, 2.05) is 55.4 Å². The molecule has 0 aromatic carbocycles. The molecule has 2 unspecified atom stereocenters. The van der Waals surface area contributed by atoms with Crippen molar-refractivity contribution in [2.45, 2.75) is 86.0 Å². The van der Waals surface area contributed by atoms with Gasteiger partial charge in [0.15, 0.2) is 0 Å². The van der Waals surface area contributed by atoms with Crippen molar-refractivity contribution in [1.82, 2.24) is 10.6 Å². The standard InChI is InChI=1S/C21H46N2O8Si2/c1-9-20(32(26-11-3,27-12-4)28-13-5)22-18(24)17-19(25)23-21(10-2)33(29-14-6,30-15-7)31-16-8/h20-21H,9-17H2,1-8H3,(H,22,24)(H,23,25). The van der Waals surface area contributed by atoms with Crippen LogP contribution in [0.3, 0.4) is 0 Å². The van der Waals surface area contributed by atoms with Crippen molar-refractivity contribution in [3.63, 3.8) is 0 Å². The molecule has 2 amide bonds. The Labute approximate surface area is 202 Å². The van der Waals surface area contributed by atoms with Gasteiger partial charge in [-0.1, -0.05) is 13.8 Å². The number of hydrogen-bond donors (Lipinski definition) is 2. The Kier molecular flexibility index (Phi) is 17.1. The van der Waals surface area contributed by atoms with Gasteiger partial charge >= 0.3 is 17.6 Å². The molecule has 0 spiro atoms. The fourth-order valence-corrected chi connectivity index (χ4v) is 9.37. The summed E-state index contributed by atoms with van der Waals surface area (Å²) in [6.45, 7) is 17.4. The van der Waals surface area contributed by atoms with Crippen LogP contribution >= 0.6 is 0 Å². The summed E-state index contributed by atoms with van der Waals surface area (Å²) in [4.78, 5) is 25.6. The van der Waals surface area contributed by atoms with Crippen LogP contribution in [-0.4, -0.2) is 80.4 Å². The third-order valence-electron chi connectivity index (χ3n) is 4.73. The van der Waals surface area contributed by atoms with Crippen LogP contribution in [0, 0.1) is 0 Å². The average molecular weight is 511 g/mol. The summed E-state index contributed by atoms with van der Waals surface area (Å²) < 4.78 is 35.5. The van der Waals surface area contributed by atoms with Crippen molar-refractivity contribution in [1.29, 1.82) is 0 Å². The molecule has 2 atom stereocenters. The van der Waals surface area contributed by atoms with E-state index in [1.54, 1.807) is 0 Å². The molecule has 0 heterocycles. The summed E-state index contributed by atoms with van der Waals surface area (Å²) >= 11 is 0. The Hall–Kier alpha value is -0.866. The van der Waals surface area contributed by atoms with Gasteiger partial charge in [-0.25, -0.2) is 0 Å². The summed E-state index contributed by atoms with van der Waals surface area (Å²) in [6.07, 6.45) is 0.745. The monoisotopic (exact) mass is 510 g/mol. The zero-order chi connectivity index (χ0) is 25.3. The van der Waals surface area contributed by atoms with Crippen molar-refractivity contribution in [3.8, 4) is 0 Å². The van der Waals surface area contributed by atoms with Crippen LogP contribution in [-0.2, 0) is 36.1 Å². The van der Waals surface area contributed by atoms with Crippen molar-refractivity contribution in [2.75, 3.05) is 39.6 Å². The number of amides is 2. The molecule has 0 aromatic rings. The molecule has 0 radical (unpaired) electrons. The SMILES string of the molecule is CCO[Si](OCC)(OCC)C(CC)NC(=O)CC(=O)NC(CC)[Si](OCC)(OCC)OCC. The highest BCUT2D eigenvalue weighted by molar-refractivity contribution is 6.63. The van der Waals surface area contributed by atoms with Crippen molar-refractivity contribution < 1.29 is 36.1 Å². The number of carbonyl (C=O) groups excluding carboxylic acids is 2. The van der Waals surface area contributed by atoms with Gasteiger partial charge in [-0.2, -0.15) is 0 Å². The molecule has 0 fully saturated rings. The normalized spacial score (nSPS) is 14.1. The van der Waals surface area contributed by atoms with E-state index >= 15 is 0 Å². The highest BCUT2D eigenvalue weighted by atomic mass is 28.4. The Morgan fingerprint density at radius 3 is 0.970 bits per heavy atom. The van der Waals surface area contributed by atoms with Gasteiger partial charge in [0.25, 0.3) is 0 Å². The van der Waals surface area contributed by atoms with Crippen LogP contribution in [0.5, 0.6) is 0 Å². The predicted molar refractivity (Wildman–Crippen MR) is 130 cm³/mol. The summed E-state index contributed by atoms with van der Waals surface area (Å²) in [6, 6.07) is 0. The first-order chi connectivity index (χ1) is 15.8. The molecule has 0 aliphatic rings. The third kappa shape index (κ3) is 10.1. The number of hydrogen-bond acceptors (Lipinski definition) is 8. The Morgan fingerprint density at radius 1 is 0.545 bits per heavy atom. The maximum atomic E-state index is 12.8. The largest absolute Gasteiger partial charge is 0.524 e. The highest BCUT2D eigenvalue weighted by Crippen LogP contribution is 2.19. The van der Waals surface area contributed by atoms with E-state index in [4.69, 9.17) is 26.6 Å². The first kappa shape index (κ1) is 32.1. The lowest BCUT2D eigenvalue weighted by Gasteiger charge is -2.35. The molecule has 0 aliphatic carbocycles. The minimum atomic E-state index is -3.16. The molecule has 0 aromatic heterocycles. The maximum absolute atomic E-state index is 12.8. The van der Waals surface area contributed by atoms with Gasteiger partial charge in [0, 0.05) is 39.6 Å². The van der Waals surface area contributed by atoms with Gasteiger partial charge in [-0.3, -0.25) is 9.59 Å². The van der Waals surface area contributed by atoms with Gasteiger partial charge in [0.05, 0.1) is 11.3 Å². The zero-order valence-corrected chi connectivity index (χ0v) is 23.8. The van der Waals surface area contributed by atoms with Crippen molar-refractivity contribution >= 4 is 29.4 Å². The van der Waals surface area contributed by atoms with Gasteiger partial charge in [-0.15, -0.1) is 0 Å². The highest BCUT2D eigenvalue weighted by Gasteiger charge is 2.51. The average Bonchev–Trinajstić information content (AvgIpc) is 2.76. The molecule has 33 heavy (non-hydrogen) atoms. The van der Waals surface area contributed by atoms with E-state index in [1.165, 1.54) is 0 Å². The molecule has 12 heteroatoms. The second-order valence-electron chi connectivity index (χ2n) is 7.04. The van der Waals surface area contributed by atoms with Crippen LogP contribution in [0.4, 0.5) is 0 Å². The predicted octanol–water partition coefficient (Wildman–Crippen LogP) is 2.34. The quantitative estimate of drug-likeness (QED) is 0.190. The summed E-state index contributed by atoms with van der Waals surface area (Å²) in [5.41, 5.74) is -0.910. The Bertz CT molecular complexity index is 476. The lowest BCUT2D eigenvalue weighted by atomic mass is 10.3. The van der Waals surface area contributed by atoms with Crippen LogP contribution in [0.15, 0.2) is 0 Å². The van der Waals surface area contributed by atoms with Crippen molar-refractivity contribution in [2.24, 2.45) is 0 Å². The number of carbonyl (C=O) groups is 2. The molecule has 0 aliphatic heterocycles. The second kappa shape index (κ2) is 17.6. The van der Waals surface area contributed by atoms with E-state index in [2.05, 4.69) is 10.6 Å². The van der Waals surface area contributed by atoms with E-state index in [0.717, 1.165) is 0 Å². The minimum Gasteiger partial charge on any atom is -0.373 e. The van der Waals surface area contributed by atoms with Crippen molar-refractivity contribution in [3.05, 3.63) is 0 Å². The smallest absolute Gasteiger partial charge is 0.373 e. The van der Waals surface area contributed by atoms with Crippen LogP contribution in [0.25, 0.3) is 0 Å². The molecular weight excluding hydrogens is 464 g/mol. The lowest BCUT2D eigenvalue weighted by molar-refractivity contribution is -0.130. The van der Waals surface area contributed by atoms with Crippen LogP contribution in [0.1, 0.15) is 74.7 Å². The maximum Gasteiger partial charge on any atom is 0.524 e. The van der Waals surface area contributed by atoms with Gasteiger partial charge in [0.2, 0.25) is 11.8 Å². The molecule has 196 valence electrons. The summed E-state index contributed by atoms with van der Waals surface area (Å²) in [5, 5.41) is 5.81. The Balaban J connectivity index is 5.40. The fraction of sp³-hybridized carbons (Fsp3) is 0.905. The second-order valence-corrected chi connectivity index (χ2v) is 12.6. The third-order valence-corrected chi connectivity index (χ3v) is 11.7. The van der Waals surface area contributed by atoms with E-state index in [9.17, 15) is 9.59 Å². The summed E-state index contributed by atoms with van der Waals surface area (Å²) in [5.74, 6) is -0.858. The number of rotatable bonds is 20. The minimum absolute atomic E-state index is 0.350. The molecule has 2 N–H and O–H groups in total. The molecule has 10 nitrogen and oxygen atoms in total. The lowest BCUT2D eigenvalue weighted by Crippen LogP contribution is -2.64. The molecule has 0 rings (SSSR count). The molecular formula is C21H46N2O8Si2. The fourth-order valence-electron chi connectivity index (χ4n) is 3.58. The van der Waals surface area contributed by atoms with Gasteiger partial charge in [-0.05, 0) is 54.4 Å². The zero-order valence-electron chi connectivity index (χ0n) is 21.8. The van der Waals surface area contributed by atoms with E-state index < -0.39 is 40.8 Å². The topological polar surface area (TPSA) is 114 Å². The Morgan fingerprint density at radius 2 is 0.788 bits per heavy atom. The van der Waals surface area contributed by atoms with E-state index in [-0.39, 0.29) is 6.42 Å². The van der Waals surface area contributed by atoms with Crippen LogP contribution in [0.2, 0.25) is 0 Å². The van der Waals surface area contributed by atoms with Gasteiger partial charge in [0.1, 0.15) is 6.42 Å². The van der Waals surface area contributed by atoms with Crippen LogP contribution < -0.4 is 10.6 Å². The first-order valence-corrected chi connectivity index (χ1v) is 15.8. The first-order valence-electron chi connectivity index (χ1n) is 12.2.